The number of pyridine rings is 1. The molecule has 41 heavy (non-hydrogen) atoms. The first kappa shape index (κ1) is 29.8. The van der Waals surface area contributed by atoms with Gasteiger partial charge in [-0.05, 0) is 79.1 Å². The van der Waals surface area contributed by atoms with Gasteiger partial charge in [-0.15, -0.1) is 6.58 Å². The molecule has 1 saturated heterocycles. The molecule has 1 aromatic heterocycles. The highest BCUT2D eigenvalue weighted by Crippen LogP contribution is 2.54. The smallest absolute Gasteiger partial charge is 0.229 e. The molecule has 0 spiro atoms. The van der Waals surface area contributed by atoms with Crippen molar-refractivity contribution in [1.82, 2.24) is 14.6 Å². The summed E-state index contributed by atoms with van der Waals surface area (Å²) >= 11 is 12.7. The number of sulfonamides is 1. The average Bonchev–Trinajstić information content (AvgIpc) is 3.77. The van der Waals surface area contributed by atoms with E-state index in [2.05, 4.69) is 22.4 Å². The average molecular weight is 613 g/mol. The normalized spacial score (nSPS) is 23.8. The van der Waals surface area contributed by atoms with Crippen LogP contribution < -0.4 is 4.72 Å². The van der Waals surface area contributed by atoms with Crippen LogP contribution in [0.2, 0.25) is 10.0 Å². The molecule has 3 aromatic rings. The number of halogens is 2. The predicted octanol–water partition coefficient (Wildman–Crippen LogP) is 6.93. The fraction of sp³-hybridized carbons (Fsp3) is 0.375. The lowest BCUT2D eigenvalue weighted by molar-refractivity contribution is -0.155. The first-order chi connectivity index (χ1) is 19.6. The van der Waals surface area contributed by atoms with Crippen molar-refractivity contribution in [3.8, 4) is 0 Å². The molecule has 2 aromatic carbocycles. The van der Waals surface area contributed by atoms with Gasteiger partial charge in [-0.3, -0.25) is 9.78 Å². The molecule has 2 fully saturated rings. The Labute approximate surface area is 252 Å². The van der Waals surface area contributed by atoms with Crippen LogP contribution in [0.1, 0.15) is 61.4 Å². The number of carbonyl (C=O) groups is 1. The number of piperidine rings is 1. The zero-order valence-electron chi connectivity index (χ0n) is 23.0. The summed E-state index contributed by atoms with van der Waals surface area (Å²) in [5.41, 5.74) is 1.75. The maximum absolute atomic E-state index is 14.6. The molecule has 1 unspecified atom stereocenters. The van der Waals surface area contributed by atoms with Gasteiger partial charge in [0.1, 0.15) is 5.75 Å². The molecule has 1 aliphatic carbocycles. The predicted molar refractivity (Wildman–Crippen MR) is 164 cm³/mol. The van der Waals surface area contributed by atoms with Gasteiger partial charge in [-0.2, -0.15) is 0 Å². The van der Waals surface area contributed by atoms with Gasteiger partial charge in [-0.1, -0.05) is 66.5 Å². The first-order valence-corrected chi connectivity index (χ1v) is 16.3. The van der Waals surface area contributed by atoms with Gasteiger partial charge in [0, 0.05) is 34.7 Å². The van der Waals surface area contributed by atoms with E-state index in [-0.39, 0.29) is 42.1 Å². The maximum Gasteiger partial charge on any atom is 0.229 e. The summed E-state index contributed by atoms with van der Waals surface area (Å²) in [5.74, 6) is -0.100. The second-order valence-electron chi connectivity index (χ2n) is 11.5. The number of nitrogens with zero attached hydrogens (tertiary/aromatic N) is 2. The number of likely N-dealkylation sites (tertiary alicyclic amines) is 1. The number of aromatic nitrogens is 1. The molecule has 1 aliphatic heterocycles. The van der Waals surface area contributed by atoms with Crippen molar-refractivity contribution in [3.63, 3.8) is 0 Å². The topological polar surface area (TPSA) is 79.4 Å². The Morgan fingerprint density at radius 3 is 2.46 bits per heavy atom. The number of nitrogens with one attached hydrogen (secondary N) is 1. The van der Waals surface area contributed by atoms with Gasteiger partial charge in [0.25, 0.3) is 0 Å². The number of carbonyl (C=O) groups excluding carboxylic acids is 1. The van der Waals surface area contributed by atoms with Crippen molar-refractivity contribution in [2.75, 3.05) is 6.54 Å². The number of amides is 1. The zero-order valence-corrected chi connectivity index (χ0v) is 25.4. The van der Waals surface area contributed by atoms with Crippen LogP contribution in [0.25, 0.3) is 0 Å². The van der Waals surface area contributed by atoms with Crippen LogP contribution in [-0.4, -0.2) is 36.8 Å². The van der Waals surface area contributed by atoms with Crippen LogP contribution in [0, 0.1) is 11.3 Å². The zero-order chi connectivity index (χ0) is 29.2. The fourth-order valence-electron chi connectivity index (χ4n) is 6.17. The molecule has 2 heterocycles. The lowest BCUT2D eigenvalue weighted by Crippen LogP contribution is -2.58. The van der Waals surface area contributed by atoms with E-state index in [1.165, 1.54) is 0 Å². The lowest BCUT2D eigenvalue weighted by Gasteiger charge is -2.52. The molecule has 5 rings (SSSR count). The fourth-order valence-corrected chi connectivity index (χ4v) is 7.58. The molecular formula is C32H35Cl2N3O3S. The quantitative estimate of drug-likeness (QED) is 0.238. The molecule has 1 N–H and O–H groups in total. The number of hydrogen-bond donors (Lipinski definition) is 1. The Balaban J connectivity index is 1.56. The Morgan fingerprint density at radius 1 is 1.07 bits per heavy atom. The van der Waals surface area contributed by atoms with E-state index in [1.54, 1.807) is 30.5 Å². The van der Waals surface area contributed by atoms with Crippen LogP contribution in [0.3, 0.4) is 0 Å². The van der Waals surface area contributed by atoms with E-state index in [0.29, 0.717) is 28.6 Å². The van der Waals surface area contributed by atoms with Crippen molar-refractivity contribution >= 4 is 39.1 Å². The first-order valence-electron chi connectivity index (χ1n) is 13.9. The van der Waals surface area contributed by atoms with Gasteiger partial charge in [0.2, 0.25) is 15.9 Å². The minimum Gasteiger partial charge on any atom is -0.330 e. The van der Waals surface area contributed by atoms with Gasteiger partial charge >= 0.3 is 0 Å². The van der Waals surface area contributed by atoms with E-state index in [0.717, 1.165) is 24.0 Å². The summed E-state index contributed by atoms with van der Waals surface area (Å²) in [6.45, 7) is 6.08. The second kappa shape index (κ2) is 12.3. The SMILES string of the molecule is C=CC[C@@]1(C)C[C@H](c2cccc(Cl)c2)[C@@H](c2ccc(Cl)cc2)N(C(CNS(=O)(=O)Cc2ccccn2)C2CC2)C1=O. The van der Waals surface area contributed by atoms with Gasteiger partial charge in [0.15, 0.2) is 0 Å². The summed E-state index contributed by atoms with van der Waals surface area (Å²) in [7, 11) is -3.69. The summed E-state index contributed by atoms with van der Waals surface area (Å²) in [5, 5.41) is 1.24. The van der Waals surface area contributed by atoms with Crippen LogP contribution in [-0.2, 0) is 20.6 Å². The Morgan fingerprint density at radius 2 is 1.83 bits per heavy atom. The van der Waals surface area contributed by atoms with E-state index in [9.17, 15) is 13.2 Å². The molecule has 1 amide bonds. The van der Waals surface area contributed by atoms with Crippen LogP contribution in [0.5, 0.6) is 0 Å². The third-order valence-corrected chi connectivity index (χ3v) is 10.1. The summed E-state index contributed by atoms with van der Waals surface area (Å²) in [6.07, 6.45) is 6.36. The molecule has 6 nitrogen and oxygen atoms in total. The number of benzene rings is 2. The standard InChI is InChI=1S/C32H35Cl2N3O3S/c1-3-16-32(2)19-28(24-7-6-8-26(34)18-24)30(23-12-14-25(33)15-13-23)37(31(32)38)29(22-10-11-22)20-36-41(39,40)21-27-9-4-5-17-35-27/h3-9,12-15,17-18,22,28-30,36H,1,10-11,16,19-21H2,2H3/t28-,29?,30-,32+/m1/s1. The van der Waals surface area contributed by atoms with Crippen molar-refractivity contribution in [3.05, 3.63) is 112 Å². The summed E-state index contributed by atoms with van der Waals surface area (Å²) in [6, 6.07) is 20.0. The number of allylic oxidation sites excluding steroid dienone is 1. The third kappa shape index (κ3) is 6.86. The number of hydrogen-bond acceptors (Lipinski definition) is 4. The van der Waals surface area contributed by atoms with E-state index >= 15 is 0 Å². The van der Waals surface area contributed by atoms with Gasteiger partial charge in [-0.25, -0.2) is 13.1 Å². The lowest BCUT2D eigenvalue weighted by atomic mass is 9.67. The minimum atomic E-state index is -3.69. The second-order valence-corrected chi connectivity index (χ2v) is 14.1. The number of rotatable bonds is 11. The highest BCUT2D eigenvalue weighted by atomic mass is 35.5. The summed E-state index contributed by atoms with van der Waals surface area (Å²) < 4.78 is 29.1. The van der Waals surface area contributed by atoms with Crippen molar-refractivity contribution in [2.45, 2.75) is 56.4 Å². The van der Waals surface area contributed by atoms with Crippen molar-refractivity contribution < 1.29 is 13.2 Å². The molecular weight excluding hydrogens is 577 g/mol. The minimum absolute atomic E-state index is 0.0106. The highest BCUT2D eigenvalue weighted by Gasteiger charge is 2.53. The van der Waals surface area contributed by atoms with E-state index in [1.807, 2.05) is 54.3 Å². The van der Waals surface area contributed by atoms with E-state index in [4.69, 9.17) is 23.2 Å². The highest BCUT2D eigenvalue weighted by molar-refractivity contribution is 7.88. The molecule has 0 radical (unpaired) electrons. The molecule has 2 aliphatic rings. The third-order valence-electron chi connectivity index (χ3n) is 8.29. The van der Waals surface area contributed by atoms with Crippen LogP contribution in [0.4, 0.5) is 0 Å². The van der Waals surface area contributed by atoms with E-state index < -0.39 is 15.4 Å². The van der Waals surface area contributed by atoms with Crippen molar-refractivity contribution in [1.29, 1.82) is 0 Å². The van der Waals surface area contributed by atoms with Gasteiger partial charge in [0.05, 0.1) is 17.2 Å². The largest absolute Gasteiger partial charge is 0.330 e. The Kier molecular flexibility index (Phi) is 8.90. The van der Waals surface area contributed by atoms with Crippen LogP contribution in [0.15, 0.2) is 85.6 Å². The van der Waals surface area contributed by atoms with Crippen LogP contribution >= 0.6 is 23.2 Å². The molecule has 216 valence electrons. The molecule has 4 atom stereocenters. The monoisotopic (exact) mass is 611 g/mol. The van der Waals surface area contributed by atoms with Gasteiger partial charge < -0.3 is 4.90 Å². The van der Waals surface area contributed by atoms with Crippen molar-refractivity contribution in [2.24, 2.45) is 11.3 Å². The Hall–Kier alpha value is -2.71. The molecule has 1 saturated carbocycles. The molecule has 9 heteroatoms. The Bertz CT molecular complexity index is 1500. The molecule has 0 bridgehead atoms. The summed E-state index contributed by atoms with van der Waals surface area (Å²) in [4.78, 5) is 20.7. The maximum atomic E-state index is 14.6.